The molecule has 1 aliphatic rings. The summed E-state index contributed by atoms with van der Waals surface area (Å²) in [4.78, 5) is 0.442. The lowest BCUT2D eigenvalue weighted by molar-refractivity contribution is 0.495. The monoisotopic (exact) mass is 253 g/mol. The molecule has 0 amide bonds. The highest BCUT2D eigenvalue weighted by Gasteiger charge is 2.32. The smallest absolute Gasteiger partial charge is 0.183 e. The van der Waals surface area contributed by atoms with E-state index in [4.69, 9.17) is 0 Å². The molecule has 1 heterocycles. The highest BCUT2D eigenvalue weighted by molar-refractivity contribution is 7.92. The van der Waals surface area contributed by atoms with Gasteiger partial charge in [0.05, 0.1) is 10.1 Å². The topological polar surface area (TPSA) is 46.2 Å². The summed E-state index contributed by atoms with van der Waals surface area (Å²) >= 11 is 0. The molecule has 0 radical (unpaired) electrons. The maximum absolute atomic E-state index is 12.1. The van der Waals surface area contributed by atoms with E-state index in [0.717, 1.165) is 5.56 Å². The van der Waals surface area contributed by atoms with Gasteiger partial charge in [0.15, 0.2) is 9.84 Å². The first-order valence-electron chi connectivity index (χ1n) is 5.87. The van der Waals surface area contributed by atoms with E-state index in [9.17, 15) is 8.42 Å². The van der Waals surface area contributed by atoms with E-state index >= 15 is 0 Å². The first-order chi connectivity index (χ1) is 7.82. The highest BCUT2D eigenvalue weighted by atomic mass is 32.2. The van der Waals surface area contributed by atoms with Gasteiger partial charge in [-0.05, 0) is 23.1 Å². The molecule has 0 saturated carbocycles. The molecular weight excluding hydrogens is 234 g/mol. The SMILES string of the molecule is CC(C)(C)c1ccc(S(=O)(=O)C2CNC2)cc1. The third kappa shape index (κ3) is 2.38. The number of hydrogen-bond acceptors (Lipinski definition) is 3. The fourth-order valence-electron chi connectivity index (χ4n) is 1.82. The van der Waals surface area contributed by atoms with Gasteiger partial charge in [-0.25, -0.2) is 8.42 Å². The summed E-state index contributed by atoms with van der Waals surface area (Å²) in [6.45, 7) is 7.50. The van der Waals surface area contributed by atoms with Crippen molar-refractivity contribution in [3.63, 3.8) is 0 Å². The van der Waals surface area contributed by atoms with Crippen molar-refractivity contribution in [1.29, 1.82) is 0 Å². The third-order valence-corrected chi connectivity index (χ3v) is 5.37. The maximum atomic E-state index is 12.1. The standard InChI is InChI=1S/C13H19NO2S/c1-13(2,3)10-4-6-11(7-5-10)17(15,16)12-8-14-9-12/h4-7,12,14H,8-9H2,1-3H3. The summed E-state index contributed by atoms with van der Waals surface area (Å²) in [7, 11) is -3.13. The van der Waals surface area contributed by atoms with Crippen LogP contribution >= 0.6 is 0 Å². The Bertz CT molecular complexity index is 493. The molecule has 3 nitrogen and oxygen atoms in total. The van der Waals surface area contributed by atoms with Crippen LogP contribution in [-0.2, 0) is 15.3 Å². The minimum atomic E-state index is -3.13. The highest BCUT2D eigenvalue weighted by Crippen LogP contribution is 2.25. The lowest BCUT2D eigenvalue weighted by atomic mass is 9.87. The van der Waals surface area contributed by atoms with Gasteiger partial charge in [0.25, 0.3) is 0 Å². The summed E-state index contributed by atoms with van der Waals surface area (Å²) in [5, 5.41) is 2.75. The van der Waals surface area contributed by atoms with Crippen molar-refractivity contribution < 1.29 is 8.42 Å². The van der Waals surface area contributed by atoms with Crippen molar-refractivity contribution >= 4 is 9.84 Å². The second-order valence-electron chi connectivity index (χ2n) is 5.60. The average Bonchev–Trinajstić information content (AvgIpc) is 2.13. The summed E-state index contributed by atoms with van der Waals surface area (Å²) in [6.07, 6.45) is 0. The van der Waals surface area contributed by atoms with Crippen molar-refractivity contribution in [3.05, 3.63) is 29.8 Å². The van der Waals surface area contributed by atoms with Crippen LogP contribution in [0.5, 0.6) is 0 Å². The fourth-order valence-corrected chi connectivity index (χ4v) is 3.39. The Morgan fingerprint density at radius 1 is 1.12 bits per heavy atom. The number of hydrogen-bond donors (Lipinski definition) is 1. The van der Waals surface area contributed by atoms with Crippen LogP contribution in [0.3, 0.4) is 0 Å². The summed E-state index contributed by atoms with van der Waals surface area (Å²) in [5.41, 5.74) is 1.21. The van der Waals surface area contributed by atoms with E-state index in [1.807, 2.05) is 12.1 Å². The van der Waals surface area contributed by atoms with Crippen LogP contribution in [0.4, 0.5) is 0 Å². The molecule has 17 heavy (non-hydrogen) atoms. The van der Waals surface area contributed by atoms with E-state index < -0.39 is 9.84 Å². The van der Waals surface area contributed by atoms with Crippen LogP contribution < -0.4 is 5.32 Å². The predicted octanol–water partition coefficient (Wildman–Crippen LogP) is 1.73. The van der Waals surface area contributed by atoms with Gasteiger partial charge in [-0.1, -0.05) is 32.9 Å². The number of rotatable bonds is 2. The molecule has 0 bridgehead atoms. The Balaban J connectivity index is 2.29. The third-order valence-electron chi connectivity index (χ3n) is 3.23. The minimum Gasteiger partial charge on any atom is -0.314 e. The molecule has 4 heteroatoms. The molecule has 1 N–H and O–H groups in total. The second-order valence-corrected chi connectivity index (χ2v) is 7.83. The van der Waals surface area contributed by atoms with Crippen LogP contribution in [-0.4, -0.2) is 26.8 Å². The summed E-state index contributed by atoms with van der Waals surface area (Å²) in [6, 6.07) is 7.29. The van der Waals surface area contributed by atoms with E-state index in [0.29, 0.717) is 18.0 Å². The first-order valence-corrected chi connectivity index (χ1v) is 7.41. The molecule has 1 aromatic carbocycles. The van der Waals surface area contributed by atoms with Crippen molar-refractivity contribution in [2.75, 3.05) is 13.1 Å². The zero-order valence-corrected chi connectivity index (χ0v) is 11.3. The number of sulfone groups is 1. The molecular formula is C13H19NO2S. The van der Waals surface area contributed by atoms with Crippen molar-refractivity contribution in [2.24, 2.45) is 0 Å². The molecule has 0 aromatic heterocycles. The molecule has 1 aromatic rings. The lowest BCUT2D eigenvalue weighted by Gasteiger charge is -2.27. The molecule has 2 rings (SSSR count). The van der Waals surface area contributed by atoms with Crippen LogP contribution in [0.1, 0.15) is 26.3 Å². The van der Waals surface area contributed by atoms with Crippen LogP contribution in [0.15, 0.2) is 29.2 Å². The molecule has 1 saturated heterocycles. The largest absolute Gasteiger partial charge is 0.314 e. The van der Waals surface area contributed by atoms with Gasteiger partial charge in [0, 0.05) is 13.1 Å². The quantitative estimate of drug-likeness (QED) is 0.873. The Labute approximate surface area is 103 Å². The summed E-state index contributed by atoms with van der Waals surface area (Å²) in [5.74, 6) is 0. The number of benzene rings is 1. The summed E-state index contributed by atoms with van der Waals surface area (Å²) < 4.78 is 24.3. The Kier molecular flexibility index (Phi) is 3.04. The van der Waals surface area contributed by atoms with E-state index in [-0.39, 0.29) is 10.7 Å². The molecule has 0 unspecified atom stereocenters. The van der Waals surface area contributed by atoms with Crippen molar-refractivity contribution in [1.82, 2.24) is 5.32 Å². The van der Waals surface area contributed by atoms with Gasteiger partial charge in [-0.3, -0.25) is 0 Å². The number of nitrogens with one attached hydrogen (secondary N) is 1. The zero-order chi connectivity index (χ0) is 12.7. The van der Waals surface area contributed by atoms with E-state index in [2.05, 4.69) is 26.1 Å². The Morgan fingerprint density at radius 2 is 1.65 bits per heavy atom. The zero-order valence-electron chi connectivity index (χ0n) is 10.5. The Hall–Kier alpha value is -0.870. The normalized spacial score (nSPS) is 17.8. The molecule has 0 aliphatic carbocycles. The Morgan fingerprint density at radius 3 is 2.00 bits per heavy atom. The van der Waals surface area contributed by atoms with E-state index in [1.54, 1.807) is 12.1 Å². The molecule has 0 atom stereocenters. The molecule has 1 aliphatic heterocycles. The van der Waals surface area contributed by atoms with Crippen molar-refractivity contribution in [2.45, 2.75) is 36.3 Å². The second kappa shape index (κ2) is 4.10. The molecule has 0 spiro atoms. The van der Waals surface area contributed by atoms with Gasteiger partial charge < -0.3 is 5.32 Å². The first kappa shape index (κ1) is 12.6. The van der Waals surface area contributed by atoms with Crippen LogP contribution in [0, 0.1) is 0 Å². The van der Waals surface area contributed by atoms with Gasteiger partial charge >= 0.3 is 0 Å². The predicted molar refractivity (Wildman–Crippen MR) is 69.0 cm³/mol. The van der Waals surface area contributed by atoms with Crippen molar-refractivity contribution in [3.8, 4) is 0 Å². The average molecular weight is 253 g/mol. The molecule has 1 fully saturated rings. The van der Waals surface area contributed by atoms with Gasteiger partial charge in [0.2, 0.25) is 0 Å². The van der Waals surface area contributed by atoms with Crippen LogP contribution in [0.2, 0.25) is 0 Å². The van der Waals surface area contributed by atoms with Crippen LogP contribution in [0.25, 0.3) is 0 Å². The van der Waals surface area contributed by atoms with Gasteiger partial charge in [-0.15, -0.1) is 0 Å². The van der Waals surface area contributed by atoms with Gasteiger partial charge in [-0.2, -0.15) is 0 Å². The molecule has 94 valence electrons. The van der Waals surface area contributed by atoms with Gasteiger partial charge in [0.1, 0.15) is 0 Å². The van der Waals surface area contributed by atoms with E-state index in [1.165, 1.54) is 0 Å². The lowest BCUT2D eigenvalue weighted by Crippen LogP contribution is -2.51. The maximum Gasteiger partial charge on any atom is 0.183 e. The fraction of sp³-hybridized carbons (Fsp3) is 0.538. The minimum absolute atomic E-state index is 0.0559.